The zero-order valence-electron chi connectivity index (χ0n) is 18.7. The zero-order valence-corrected chi connectivity index (χ0v) is 18.7. The van der Waals surface area contributed by atoms with E-state index in [1.54, 1.807) is 6.07 Å². The van der Waals surface area contributed by atoms with Crippen LogP contribution in [0.3, 0.4) is 0 Å². The molecule has 0 saturated heterocycles. The van der Waals surface area contributed by atoms with Crippen molar-refractivity contribution >= 4 is 0 Å². The monoisotopic (exact) mass is 464 g/mol. The van der Waals surface area contributed by atoms with Gasteiger partial charge in [0, 0.05) is 12.3 Å². The first-order valence-corrected chi connectivity index (χ1v) is 11.9. The van der Waals surface area contributed by atoms with Crippen LogP contribution < -0.4 is 4.74 Å². The van der Waals surface area contributed by atoms with Gasteiger partial charge in [0.05, 0.1) is 0 Å². The standard InChI is InChI=1S/C25H34F6O/c1-2-3-17-6-11-21(12-7-17)24(27,28)15-18-4-8-19(9-5-18)20-10-13-23(22(26)14-20)32-16-25(29,30)31/h10,13-14,17-19,21H,2-9,11-12,15-16H2,1H3. The highest BCUT2D eigenvalue weighted by atomic mass is 19.4. The van der Waals surface area contributed by atoms with Crippen LogP contribution in [0.25, 0.3) is 0 Å². The molecule has 182 valence electrons. The van der Waals surface area contributed by atoms with Gasteiger partial charge in [-0.1, -0.05) is 25.8 Å². The van der Waals surface area contributed by atoms with Crippen LogP contribution in [0, 0.1) is 23.6 Å². The second-order valence-corrected chi connectivity index (χ2v) is 9.78. The van der Waals surface area contributed by atoms with Crippen molar-refractivity contribution in [3.05, 3.63) is 29.6 Å². The fraction of sp³-hybridized carbons (Fsp3) is 0.760. The van der Waals surface area contributed by atoms with Crippen molar-refractivity contribution < 1.29 is 31.1 Å². The molecule has 0 bridgehead atoms. The molecule has 2 aliphatic rings. The molecule has 0 amide bonds. The maximum Gasteiger partial charge on any atom is 0.422 e. The Kier molecular flexibility index (Phi) is 8.42. The van der Waals surface area contributed by atoms with E-state index in [4.69, 9.17) is 0 Å². The number of ether oxygens (including phenoxy) is 1. The van der Waals surface area contributed by atoms with Crippen LogP contribution in [0.1, 0.15) is 89.0 Å². The molecule has 3 rings (SSSR count). The normalized spacial score (nSPS) is 27.3. The molecule has 1 nitrogen and oxygen atoms in total. The van der Waals surface area contributed by atoms with Crippen LogP contribution in [0.5, 0.6) is 5.75 Å². The van der Waals surface area contributed by atoms with E-state index in [0.29, 0.717) is 50.0 Å². The first-order chi connectivity index (χ1) is 15.1. The lowest BCUT2D eigenvalue weighted by atomic mass is 9.72. The van der Waals surface area contributed by atoms with Crippen LogP contribution in [0.15, 0.2) is 18.2 Å². The topological polar surface area (TPSA) is 9.23 Å². The van der Waals surface area contributed by atoms with Gasteiger partial charge in [-0.05, 0) is 86.8 Å². The second-order valence-electron chi connectivity index (χ2n) is 9.78. The molecule has 7 heteroatoms. The summed E-state index contributed by atoms with van der Waals surface area (Å²) in [6.45, 7) is 0.602. The summed E-state index contributed by atoms with van der Waals surface area (Å²) in [5.41, 5.74) is 0.696. The molecule has 0 aromatic heterocycles. The number of alkyl halides is 5. The minimum Gasteiger partial charge on any atom is -0.481 e. The largest absolute Gasteiger partial charge is 0.481 e. The Morgan fingerprint density at radius 3 is 2.06 bits per heavy atom. The molecule has 0 heterocycles. The zero-order chi connectivity index (χ0) is 23.4. The smallest absolute Gasteiger partial charge is 0.422 e. The lowest BCUT2D eigenvalue weighted by Crippen LogP contribution is -2.34. The van der Waals surface area contributed by atoms with Crippen molar-refractivity contribution in [3.8, 4) is 5.75 Å². The van der Waals surface area contributed by atoms with E-state index in [9.17, 15) is 26.3 Å². The quantitative estimate of drug-likeness (QED) is 0.350. The van der Waals surface area contributed by atoms with Crippen LogP contribution >= 0.6 is 0 Å². The lowest BCUT2D eigenvalue weighted by molar-refractivity contribution is -0.153. The molecule has 0 atom stereocenters. The van der Waals surface area contributed by atoms with Gasteiger partial charge in [-0.15, -0.1) is 0 Å². The summed E-state index contributed by atoms with van der Waals surface area (Å²) in [4.78, 5) is 0. The molecule has 2 saturated carbocycles. The minimum absolute atomic E-state index is 0.0335. The third kappa shape index (κ3) is 7.05. The summed E-state index contributed by atoms with van der Waals surface area (Å²) in [6, 6.07) is 4.04. The van der Waals surface area contributed by atoms with Gasteiger partial charge < -0.3 is 4.74 Å². The first-order valence-electron chi connectivity index (χ1n) is 11.9. The third-order valence-corrected chi connectivity index (χ3v) is 7.37. The van der Waals surface area contributed by atoms with Gasteiger partial charge in [0.2, 0.25) is 0 Å². The van der Waals surface area contributed by atoms with E-state index in [1.165, 1.54) is 12.1 Å². The fourth-order valence-corrected chi connectivity index (χ4v) is 5.58. The summed E-state index contributed by atoms with van der Waals surface area (Å²) < 4.78 is 85.3. The van der Waals surface area contributed by atoms with Crippen LogP contribution in [-0.2, 0) is 0 Å². The molecule has 1 aromatic carbocycles. The van der Waals surface area contributed by atoms with Crippen LogP contribution in [0.2, 0.25) is 0 Å². The first kappa shape index (κ1) is 25.2. The summed E-state index contributed by atoms with van der Waals surface area (Å²) >= 11 is 0. The Morgan fingerprint density at radius 1 is 0.875 bits per heavy atom. The molecule has 0 aliphatic heterocycles. The van der Waals surface area contributed by atoms with Gasteiger partial charge in [0.25, 0.3) is 5.92 Å². The Bertz CT molecular complexity index is 716. The molecular weight excluding hydrogens is 430 g/mol. The van der Waals surface area contributed by atoms with Gasteiger partial charge in [-0.2, -0.15) is 13.2 Å². The SMILES string of the molecule is CCCC1CCC(C(F)(F)CC2CCC(c3ccc(OCC(F)(F)F)c(F)c3)CC2)CC1. The summed E-state index contributed by atoms with van der Waals surface area (Å²) in [5.74, 6) is -3.77. The average Bonchev–Trinajstić information content (AvgIpc) is 2.73. The van der Waals surface area contributed by atoms with Gasteiger partial charge in [0.1, 0.15) is 0 Å². The van der Waals surface area contributed by atoms with E-state index >= 15 is 0 Å². The molecule has 0 radical (unpaired) electrons. The van der Waals surface area contributed by atoms with Crippen molar-refractivity contribution in [2.45, 2.75) is 95.6 Å². The molecule has 0 unspecified atom stereocenters. The van der Waals surface area contributed by atoms with Crippen molar-refractivity contribution in [2.75, 3.05) is 6.61 Å². The number of benzene rings is 1. The summed E-state index contributed by atoms with van der Waals surface area (Å²) in [6.07, 6.45) is 3.42. The third-order valence-electron chi connectivity index (χ3n) is 7.37. The number of hydrogen-bond acceptors (Lipinski definition) is 1. The molecule has 1 aromatic rings. The predicted octanol–water partition coefficient (Wildman–Crippen LogP) is 8.67. The minimum atomic E-state index is -4.53. The highest BCUT2D eigenvalue weighted by Gasteiger charge is 2.43. The maximum atomic E-state index is 14.9. The van der Waals surface area contributed by atoms with Gasteiger partial charge in [0.15, 0.2) is 18.2 Å². The van der Waals surface area contributed by atoms with E-state index in [-0.39, 0.29) is 18.3 Å². The Morgan fingerprint density at radius 2 is 1.50 bits per heavy atom. The second kappa shape index (κ2) is 10.7. The summed E-state index contributed by atoms with van der Waals surface area (Å²) in [5, 5.41) is 0. The van der Waals surface area contributed by atoms with E-state index in [1.807, 2.05) is 0 Å². The molecule has 0 spiro atoms. The van der Waals surface area contributed by atoms with Crippen molar-refractivity contribution in [3.63, 3.8) is 0 Å². The number of hydrogen-bond donors (Lipinski definition) is 0. The van der Waals surface area contributed by atoms with E-state index in [0.717, 1.165) is 25.7 Å². The molecule has 2 fully saturated rings. The van der Waals surface area contributed by atoms with Gasteiger partial charge in [-0.3, -0.25) is 0 Å². The van der Waals surface area contributed by atoms with E-state index < -0.39 is 36.2 Å². The van der Waals surface area contributed by atoms with Crippen LogP contribution in [0.4, 0.5) is 26.3 Å². The van der Waals surface area contributed by atoms with Gasteiger partial charge >= 0.3 is 6.18 Å². The summed E-state index contributed by atoms with van der Waals surface area (Å²) in [7, 11) is 0. The molecule has 32 heavy (non-hydrogen) atoms. The number of halogens is 6. The fourth-order valence-electron chi connectivity index (χ4n) is 5.58. The predicted molar refractivity (Wildman–Crippen MR) is 113 cm³/mol. The average molecular weight is 465 g/mol. The Hall–Kier alpha value is -1.40. The Balaban J connectivity index is 1.48. The number of rotatable bonds is 8. The van der Waals surface area contributed by atoms with Crippen molar-refractivity contribution in [1.29, 1.82) is 0 Å². The highest BCUT2D eigenvalue weighted by Crippen LogP contribution is 2.46. The Labute approximate surface area is 186 Å². The van der Waals surface area contributed by atoms with Gasteiger partial charge in [-0.25, -0.2) is 13.2 Å². The maximum absolute atomic E-state index is 14.9. The molecule has 2 aliphatic carbocycles. The lowest BCUT2D eigenvalue weighted by Gasteiger charge is -2.37. The molecule has 0 N–H and O–H groups in total. The van der Waals surface area contributed by atoms with Crippen molar-refractivity contribution in [2.24, 2.45) is 17.8 Å². The molecular formula is C25H34F6O. The van der Waals surface area contributed by atoms with E-state index in [2.05, 4.69) is 11.7 Å². The van der Waals surface area contributed by atoms with Crippen molar-refractivity contribution in [1.82, 2.24) is 0 Å². The van der Waals surface area contributed by atoms with Crippen LogP contribution in [-0.4, -0.2) is 18.7 Å². The highest BCUT2D eigenvalue weighted by molar-refractivity contribution is 5.31.